The van der Waals surface area contributed by atoms with Gasteiger partial charge in [-0.15, -0.1) is 0 Å². The summed E-state index contributed by atoms with van der Waals surface area (Å²) in [6.45, 7) is 5.91. The molecule has 0 aromatic heterocycles. The lowest BCUT2D eigenvalue weighted by Crippen LogP contribution is -2.08. The van der Waals surface area contributed by atoms with Gasteiger partial charge in [0, 0.05) is 12.0 Å². The van der Waals surface area contributed by atoms with Crippen molar-refractivity contribution in [1.82, 2.24) is 0 Å². The SMILES string of the molecule is C/C1=C/C/C(=C(/C)CO)C(=O)C/C(C)=C/CC1. The third-order valence-corrected chi connectivity index (χ3v) is 3.21. The largest absolute Gasteiger partial charge is 0.392 e. The Morgan fingerprint density at radius 3 is 2.65 bits per heavy atom. The lowest BCUT2D eigenvalue weighted by molar-refractivity contribution is -0.115. The van der Waals surface area contributed by atoms with Gasteiger partial charge in [-0.05, 0) is 45.6 Å². The highest BCUT2D eigenvalue weighted by Crippen LogP contribution is 2.20. The summed E-state index contributed by atoms with van der Waals surface area (Å²) < 4.78 is 0. The summed E-state index contributed by atoms with van der Waals surface area (Å²) in [7, 11) is 0. The second kappa shape index (κ2) is 6.55. The normalized spacial score (nSPS) is 27.9. The van der Waals surface area contributed by atoms with Crippen molar-refractivity contribution in [1.29, 1.82) is 0 Å². The molecule has 0 saturated carbocycles. The van der Waals surface area contributed by atoms with Crippen molar-refractivity contribution in [3.8, 4) is 0 Å². The van der Waals surface area contributed by atoms with E-state index in [-0.39, 0.29) is 12.4 Å². The molecule has 0 aromatic carbocycles. The number of carbonyl (C=O) groups excluding carboxylic acids is 1. The number of Topliss-reactive ketones (excluding diaryl/α,β-unsaturated/α-hetero) is 1. The molecule has 1 rings (SSSR count). The number of rotatable bonds is 1. The van der Waals surface area contributed by atoms with Gasteiger partial charge in [0.05, 0.1) is 6.61 Å². The average molecular weight is 234 g/mol. The first-order valence-corrected chi connectivity index (χ1v) is 6.18. The number of aliphatic hydroxyl groups excluding tert-OH is 1. The van der Waals surface area contributed by atoms with Crippen LogP contribution in [-0.2, 0) is 4.79 Å². The second-order valence-electron chi connectivity index (χ2n) is 4.86. The van der Waals surface area contributed by atoms with Gasteiger partial charge in [0.2, 0.25) is 0 Å². The molecular weight excluding hydrogens is 212 g/mol. The molecule has 0 aliphatic heterocycles. The molecule has 0 fully saturated rings. The number of carbonyl (C=O) groups is 1. The van der Waals surface area contributed by atoms with Crippen LogP contribution in [0.1, 0.15) is 46.5 Å². The Balaban J connectivity index is 3.03. The van der Waals surface area contributed by atoms with Crippen LogP contribution in [0.5, 0.6) is 0 Å². The first-order chi connectivity index (χ1) is 8.04. The van der Waals surface area contributed by atoms with E-state index in [9.17, 15) is 9.90 Å². The molecular formula is C15H22O2. The van der Waals surface area contributed by atoms with Crippen LogP contribution in [0.3, 0.4) is 0 Å². The highest BCUT2D eigenvalue weighted by Gasteiger charge is 2.13. The Labute approximate surface area is 104 Å². The Bertz CT molecular complexity index is 384. The summed E-state index contributed by atoms with van der Waals surface area (Å²) in [6, 6.07) is 0. The number of ketones is 1. The van der Waals surface area contributed by atoms with E-state index in [4.69, 9.17) is 0 Å². The third-order valence-electron chi connectivity index (χ3n) is 3.21. The quantitative estimate of drug-likeness (QED) is 0.558. The van der Waals surface area contributed by atoms with Crippen molar-refractivity contribution in [2.24, 2.45) is 0 Å². The Kier molecular flexibility index (Phi) is 5.36. The zero-order chi connectivity index (χ0) is 12.8. The van der Waals surface area contributed by atoms with Gasteiger partial charge in [-0.1, -0.05) is 23.3 Å². The minimum Gasteiger partial charge on any atom is -0.392 e. The van der Waals surface area contributed by atoms with Crippen molar-refractivity contribution in [3.63, 3.8) is 0 Å². The molecule has 1 N–H and O–H groups in total. The maximum Gasteiger partial charge on any atom is 0.163 e. The van der Waals surface area contributed by atoms with E-state index in [0.717, 1.165) is 29.6 Å². The maximum absolute atomic E-state index is 12.1. The minimum atomic E-state index is -0.0310. The lowest BCUT2D eigenvalue weighted by atomic mass is 9.94. The van der Waals surface area contributed by atoms with Crippen LogP contribution in [0, 0.1) is 0 Å². The number of aliphatic hydroxyl groups is 1. The van der Waals surface area contributed by atoms with Gasteiger partial charge in [-0.3, -0.25) is 4.79 Å². The van der Waals surface area contributed by atoms with Gasteiger partial charge in [0.1, 0.15) is 0 Å². The summed E-state index contributed by atoms with van der Waals surface area (Å²) in [4.78, 5) is 12.1. The highest BCUT2D eigenvalue weighted by atomic mass is 16.3. The molecule has 0 saturated heterocycles. The average Bonchev–Trinajstić information content (AvgIpc) is 2.28. The zero-order valence-electron chi connectivity index (χ0n) is 11.0. The fourth-order valence-electron chi connectivity index (χ4n) is 1.98. The molecule has 1 aliphatic rings. The molecule has 0 heterocycles. The van der Waals surface area contributed by atoms with E-state index < -0.39 is 0 Å². The fraction of sp³-hybridized carbons (Fsp3) is 0.533. The van der Waals surface area contributed by atoms with Crippen LogP contribution in [0.15, 0.2) is 34.4 Å². The number of allylic oxidation sites excluding steroid dienone is 5. The highest BCUT2D eigenvalue weighted by molar-refractivity contribution is 5.97. The second-order valence-corrected chi connectivity index (χ2v) is 4.86. The predicted octanol–water partition coefficient (Wildman–Crippen LogP) is 3.33. The van der Waals surface area contributed by atoms with E-state index in [0.29, 0.717) is 12.8 Å². The Hall–Kier alpha value is -1.15. The van der Waals surface area contributed by atoms with Crippen molar-refractivity contribution < 1.29 is 9.90 Å². The third kappa shape index (κ3) is 4.31. The van der Waals surface area contributed by atoms with E-state index in [1.807, 2.05) is 13.8 Å². The molecule has 0 spiro atoms. The molecule has 0 atom stereocenters. The van der Waals surface area contributed by atoms with E-state index in [2.05, 4.69) is 19.1 Å². The van der Waals surface area contributed by atoms with Gasteiger partial charge in [0.15, 0.2) is 5.78 Å². The van der Waals surface area contributed by atoms with Gasteiger partial charge in [-0.2, -0.15) is 0 Å². The van der Waals surface area contributed by atoms with Crippen LogP contribution in [0.2, 0.25) is 0 Å². The molecule has 0 radical (unpaired) electrons. The van der Waals surface area contributed by atoms with E-state index in [1.54, 1.807) is 0 Å². The Morgan fingerprint density at radius 1 is 1.29 bits per heavy atom. The van der Waals surface area contributed by atoms with Crippen LogP contribution in [0.25, 0.3) is 0 Å². The Morgan fingerprint density at radius 2 is 2.00 bits per heavy atom. The van der Waals surface area contributed by atoms with Crippen LogP contribution in [-0.4, -0.2) is 17.5 Å². The predicted molar refractivity (Wildman–Crippen MR) is 70.8 cm³/mol. The van der Waals surface area contributed by atoms with Crippen LogP contribution in [0.4, 0.5) is 0 Å². The summed E-state index contributed by atoms with van der Waals surface area (Å²) in [5.41, 5.74) is 4.02. The smallest absolute Gasteiger partial charge is 0.163 e. The van der Waals surface area contributed by atoms with E-state index in [1.165, 1.54) is 5.57 Å². The molecule has 2 heteroatoms. The number of hydrogen-bond donors (Lipinski definition) is 1. The standard InChI is InChI=1S/C15H22O2/c1-11-5-4-6-12(2)9-15(17)14(8-7-11)13(3)10-16/h6-7,16H,4-5,8-10H2,1-3H3/b11-7-,12-6+,14-13+. The minimum absolute atomic E-state index is 0.0310. The topological polar surface area (TPSA) is 37.3 Å². The van der Waals surface area contributed by atoms with Gasteiger partial charge in [-0.25, -0.2) is 0 Å². The fourth-order valence-corrected chi connectivity index (χ4v) is 1.98. The zero-order valence-corrected chi connectivity index (χ0v) is 11.0. The first-order valence-electron chi connectivity index (χ1n) is 6.18. The maximum atomic E-state index is 12.1. The molecule has 0 bridgehead atoms. The van der Waals surface area contributed by atoms with Crippen molar-refractivity contribution in [2.45, 2.75) is 46.5 Å². The summed E-state index contributed by atoms with van der Waals surface area (Å²) in [6.07, 6.45) is 7.47. The van der Waals surface area contributed by atoms with Gasteiger partial charge < -0.3 is 5.11 Å². The van der Waals surface area contributed by atoms with Crippen molar-refractivity contribution >= 4 is 5.78 Å². The molecule has 94 valence electrons. The summed E-state index contributed by atoms with van der Waals surface area (Å²) >= 11 is 0. The number of hydrogen-bond acceptors (Lipinski definition) is 2. The monoisotopic (exact) mass is 234 g/mol. The van der Waals surface area contributed by atoms with Crippen LogP contribution >= 0.6 is 0 Å². The lowest BCUT2D eigenvalue weighted by Gasteiger charge is -2.11. The van der Waals surface area contributed by atoms with Gasteiger partial charge >= 0.3 is 0 Å². The molecule has 0 unspecified atom stereocenters. The first kappa shape index (κ1) is 13.9. The molecule has 2 nitrogen and oxygen atoms in total. The molecule has 0 aromatic rings. The van der Waals surface area contributed by atoms with Crippen LogP contribution < -0.4 is 0 Å². The molecule has 17 heavy (non-hydrogen) atoms. The molecule has 1 aliphatic carbocycles. The molecule has 0 amide bonds. The summed E-state index contributed by atoms with van der Waals surface area (Å²) in [5.74, 6) is 0.149. The van der Waals surface area contributed by atoms with Gasteiger partial charge in [0.25, 0.3) is 0 Å². The van der Waals surface area contributed by atoms with Crippen molar-refractivity contribution in [2.75, 3.05) is 6.61 Å². The van der Waals surface area contributed by atoms with E-state index >= 15 is 0 Å². The summed E-state index contributed by atoms with van der Waals surface area (Å²) in [5, 5.41) is 9.18. The van der Waals surface area contributed by atoms with Crippen molar-refractivity contribution in [3.05, 3.63) is 34.4 Å².